The number of hydrogen-bond acceptors (Lipinski definition) is 1. The molecule has 1 nitrogen and oxygen atoms in total. The Labute approximate surface area is 190 Å². The van der Waals surface area contributed by atoms with Crippen LogP contribution in [0.5, 0.6) is 5.75 Å². The lowest BCUT2D eigenvalue weighted by atomic mass is 10.1. The van der Waals surface area contributed by atoms with Crippen molar-refractivity contribution in [2.75, 3.05) is 7.11 Å². The molecule has 1 unspecified atom stereocenters. The van der Waals surface area contributed by atoms with E-state index in [1.165, 1.54) is 21.5 Å². The summed E-state index contributed by atoms with van der Waals surface area (Å²) in [6.45, 7) is 2.48. The second-order valence-corrected chi connectivity index (χ2v) is 12.9. The van der Waals surface area contributed by atoms with Crippen molar-refractivity contribution in [1.82, 2.24) is 0 Å². The molecule has 4 aromatic carbocycles. The normalized spacial score (nSPS) is 13.0. The molecule has 0 aliphatic heterocycles. The summed E-state index contributed by atoms with van der Waals surface area (Å²) in [7, 11) is 1.39. The highest BCUT2D eigenvalue weighted by atomic mass is 28.3. The van der Waals surface area contributed by atoms with E-state index in [-0.39, 0.29) is 4.66 Å². The summed E-state index contributed by atoms with van der Waals surface area (Å²) in [6, 6.07) is 42.9. The third kappa shape index (κ3) is 4.89. The van der Waals surface area contributed by atoms with Gasteiger partial charge in [-0.25, -0.2) is 0 Å². The first-order valence-electron chi connectivity index (χ1n) is 10.6. The Hall–Kier alpha value is -2.89. The molecular formula is C28H27OSi2. The smallest absolute Gasteiger partial charge is 0.128 e. The van der Waals surface area contributed by atoms with Crippen LogP contribution in [0.15, 0.2) is 115 Å². The molecular weight excluding hydrogens is 408 g/mol. The zero-order valence-corrected chi connectivity index (χ0v) is 20.1. The van der Waals surface area contributed by atoms with Gasteiger partial charge in [-0.05, 0) is 28.4 Å². The van der Waals surface area contributed by atoms with Crippen molar-refractivity contribution in [3.8, 4) is 5.75 Å². The van der Waals surface area contributed by atoms with E-state index >= 15 is 0 Å². The van der Waals surface area contributed by atoms with E-state index in [1.54, 1.807) is 7.11 Å². The Kier molecular flexibility index (Phi) is 6.85. The number of rotatable bonds is 8. The fraction of sp³-hybridized carbons (Fsp3) is 0.143. The molecule has 0 heterocycles. The molecule has 31 heavy (non-hydrogen) atoms. The Balaban J connectivity index is 1.83. The summed E-state index contributed by atoms with van der Waals surface area (Å²) in [5, 5.41) is 2.91. The molecule has 0 saturated carbocycles. The fourth-order valence-corrected chi connectivity index (χ4v) is 10.1. The highest BCUT2D eigenvalue weighted by Crippen LogP contribution is 2.29. The van der Waals surface area contributed by atoms with Crippen LogP contribution in [0.1, 0.15) is 18.1 Å². The second kappa shape index (κ2) is 9.95. The Morgan fingerprint density at radius 1 is 0.677 bits per heavy atom. The van der Waals surface area contributed by atoms with Gasteiger partial charge in [0.15, 0.2) is 0 Å². The van der Waals surface area contributed by atoms with Crippen LogP contribution in [0.25, 0.3) is 0 Å². The Morgan fingerprint density at radius 3 is 1.65 bits per heavy atom. The average molecular weight is 436 g/mol. The van der Waals surface area contributed by atoms with E-state index < -0.39 is 8.80 Å². The lowest BCUT2D eigenvalue weighted by Gasteiger charge is -2.38. The van der Waals surface area contributed by atoms with Crippen molar-refractivity contribution in [2.45, 2.75) is 17.6 Å². The molecule has 4 rings (SSSR count). The molecule has 0 aliphatic carbocycles. The van der Waals surface area contributed by atoms with Gasteiger partial charge in [0, 0.05) is 0 Å². The van der Waals surface area contributed by atoms with Crippen LogP contribution in [0.4, 0.5) is 0 Å². The van der Waals surface area contributed by atoms with Gasteiger partial charge in [-0.15, -0.1) is 0 Å². The standard InChI is InChI=1S/C28H27OSi2/c1-28(24-18-20-25(29-2)21-19-24,30-22-23-12-6-3-7-13-23)31(26-14-8-4-9-15-26)27-16-10-5-11-17-27/h3-21H,22H2,1-2H3. The summed E-state index contributed by atoms with van der Waals surface area (Å²) in [4.78, 5) is 0. The van der Waals surface area contributed by atoms with E-state index in [2.05, 4.69) is 122 Å². The second-order valence-electron chi connectivity index (χ2n) is 7.80. The fourth-order valence-electron chi connectivity index (χ4n) is 4.09. The molecule has 0 bridgehead atoms. The summed E-state index contributed by atoms with van der Waals surface area (Å²) in [6.07, 6.45) is 0. The maximum Gasteiger partial charge on any atom is 0.128 e. The van der Waals surface area contributed by atoms with Crippen LogP contribution < -0.4 is 15.1 Å². The third-order valence-corrected chi connectivity index (χ3v) is 11.8. The Morgan fingerprint density at radius 2 is 1.16 bits per heavy atom. The molecule has 3 radical (unpaired) electrons. The van der Waals surface area contributed by atoms with E-state index in [1.807, 2.05) is 0 Å². The summed E-state index contributed by atoms with van der Waals surface area (Å²) >= 11 is 0. The van der Waals surface area contributed by atoms with Crippen molar-refractivity contribution in [1.29, 1.82) is 0 Å². The van der Waals surface area contributed by atoms with Crippen LogP contribution in [0, 0.1) is 0 Å². The lowest BCUT2D eigenvalue weighted by Crippen LogP contribution is -2.60. The molecule has 1 atom stereocenters. The molecule has 0 saturated heterocycles. The quantitative estimate of drug-likeness (QED) is 0.366. The van der Waals surface area contributed by atoms with Gasteiger partial charge in [-0.2, -0.15) is 0 Å². The molecule has 0 aromatic heterocycles. The minimum Gasteiger partial charge on any atom is -0.497 e. The summed E-state index contributed by atoms with van der Waals surface area (Å²) < 4.78 is 5.49. The monoisotopic (exact) mass is 435 g/mol. The van der Waals surface area contributed by atoms with Gasteiger partial charge in [0.1, 0.15) is 14.5 Å². The first-order valence-corrected chi connectivity index (χ1v) is 13.3. The molecule has 4 aromatic rings. The molecule has 0 N–H and O–H groups in total. The predicted molar refractivity (Wildman–Crippen MR) is 134 cm³/mol. The van der Waals surface area contributed by atoms with Crippen LogP contribution in [-0.2, 0) is 10.7 Å². The maximum absolute atomic E-state index is 5.45. The molecule has 0 amide bonds. The first kappa shape index (κ1) is 21.3. The summed E-state index contributed by atoms with van der Waals surface area (Å²) in [5.74, 6) is 0.908. The maximum atomic E-state index is 5.45. The number of hydrogen-bond donors (Lipinski definition) is 0. The molecule has 0 spiro atoms. The van der Waals surface area contributed by atoms with Gasteiger partial charge in [-0.3, -0.25) is 0 Å². The topological polar surface area (TPSA) is 9.23 Å². The predicted octanol–water partition coefficient (Wildman–Crippen LogP) is 4.66. The van der Waals surface area contributed by atoms with Crippen LogP contribution in [-0.4, -0.2) is 25.4 Å². The zero-order valence-electron chi connectivity index (χ0n) is 18.1. The van der Waals surface area contributed by atoms with Crippen molar-refractivity contribution in [2.24, 2.45) is 0 Å². The highest BCUT2D eigenvalue weighted by molar-refractivity contribution is 6.93. The van der Waals surface area contributed by atoms with E-state index in [0.29, 0.717) is 0 Å². The van der Waals surface area contributed by atoms with Crippen LogP contribution >= 0.6 is 0 Å². The van der Waals surface area contributed by atoms with Gasteiger partial charge in [0.05, 0.1) is 16.6 Å². The van der Waals surface area contributed by atoms with Crippen molar-refractivity contribution in [3.63, 3.8) is 0 Å². The SMILES string of the molecule is COc1ccc(C(C)([Si]Cc2ccccc2)[Si](c2ccccc2)c2ccccc2)cc1. The highest BCUT2D eigenvalue weighted by Gasteiger charge is 2.40. The number of methoxy groups -OCH3 is 1. The van der Waals surface area contributed by atoms with E-state index in [0.717, 1.165) is 21.3 Å². The first-order chi connectivity index (χ1) is 15.2. The van der Waals surface area contributed by atoms with Crippen LogP contribution in [0.3, 0.4) is 0 Å². The number of ether oxygens (including phenoxy) is 1. The molecule has 3 heteroatoms. The average Bonchev–Trinajstić information content (AvgIpc) is 2.85. The minimum atomic E-state index is -1.11. The third-order valence-electron chi connectivity index (χ3n) is 5.78. The van der Waals surface area contributed by atoms with Gasteiger partial charge in [0.25, 0.3) is 0 Å². The molecule has 153 valence electrons. The van der Waals surface area contributed by atoms with Crippen molar-refractivity contribution < 1.29 is 4.74 Å². The zero-order chi connectivity index (χ0) is 21.5. The molecule has 0 fully saturated rings. The van der Waals surface area contributed by atoms with E-state index in [9.17, 15) is 0 Å². The van der Waals surface area contributed by atoms with Gasteiger partial charge in [-0.1, -0.05) is 126 Å². The molecule has 0 aliphatic rings. The minimum absolute atomic E-state index is 0.0372. The number of benzene rings is 4. The van der Waals surface area contributed by atoms with E-state index in [4.69, 9.17) is 4.74 Å². The largest absolute Gasteiger partial charge is 0.497 e. The van der Waals surface area contributed by atoms with Gasteiger partial charge < -0.3 is 4.74 Å². The lowest BCUT2D eigenvalue weighted by molar-refractivity contribution is 0.414. The summed E-state index contributed by atoms with van der Waals surface area (Å²) in [5.41, 5.74) is 2.80. The van der Waals surface area contributed by atoms with Crippen molar-refractivity contribution >= 4 is 28.7 Å². The van der Waals surface area contributed by atoms with Gasteiger partial charge >= 0.3 is 0 Å². The van der Waals surface area contributed by atoms with Gasteiger partial charge in [0.2, 0.25) is 0 Å². The van der Waals surface area contributed by atoms with Crippen LogP contribution in [0.2, 0.25) is 0 Å². The Bertz CT molecular complexity index is 1030. The van der Waals surface area contributed by atoms with Crippen molar-refractivity contribution in [3.05, 3.63) is 126 Å².